The molecule has 4 rings (SSSR count). The van der Waals surface area contributed by atoms with E-state index in [0.29, 0.717) is 20.9 Å². The molecule has 1 aromatic carbocycles. The van der Waals surface area contributed by atoms with Gasteiger partial charge < -0.3 is 16.0 Å². The molecule has 1 fully saturated rings. The molecule has 2 aromatic heterocycles. The van der Waals surface area contributed by atoms with Gasteiger partial charge in [-0.25, -0.2) is 4.98 Å². The number of thiazole rings is 1. The van der Waals surface area contributed by atoms with E-state index >= 15 is 0 Å². The highest BCUT2D eigenvalue weighted by Gasteiger charge is 2.18. The first-order valence-electron chi connectivity index (χ1n) is 8.89. The van der Waals surface area contributed by atoms with Gasteiger partial charge in [-0.3, -0.25) is 9.59 Å². The number of anilines is 2. The van der Waals surface area contributed by atoms with Crippen LogP contribution in [0.2, 0.25) is 0 Å². The van der Waals surface area contributed by atoms with E-state index in [0.717, 1.165) is 40.5 Å². The number of rotatable bonds is 7. The fourth-order valence-electron chi connectivity index (χ4n) is 2.83. The quantitative estimate of drug-likeness (QED) is 0.510. The van der Waals surface area contributed by atoms with Crippen molar-refractivity contribution >= 4 is 79.0 Å². The lowest BCUT2D eigenvalue weighted by atomic mass is 10.3. The van der Waals surface area contributed by atoms with Gasteiger partial charge in [0.1, 0.15) is 0 Å². The summed E-state index contributed by atoms with van der Waals surface area (Å²) in [6.07, 6.45) is 2.19. The van der Waals surface area contributed by atoms with E-state index in [1.807, 2.05) is 23.1 Å². The van der Waals surface area contributed by atoms with E-state index < -0.39 is 0 Å². The van der Waals surface area contributed by atoms with E-state index in [1.165, 1.54) is 46.2 Å². The van der Waals surface area contributed by atoms with Crippen LogP contribution in [0, 0.1) is 0 Å². The number of likely N-dealkylation sites (tertiary alicyclic amines) is 1. The minimum Gasteiger partial charge on any atom is -0.374 e. The first-order valence-corrected chi connectivity index (χ1v) is 12.5. The van der Waals surface area contributed by atoms with Crippen LogP contribution in [0.4, 0.5) is 10.8 Å². The van der Waals surface area contributed by atoms with Crippen molar-refractivity contribution in [2.45, 2.75) is 21.5 Å². The highest BCUT2D eigenvalue weighted by Crippen LogP contribution is 2.32. The zero-order chi connectivity index (χ0) is 20.2. The van der Waals surface area contributed by atoms with Gasteiger partial charge in [0.15, 0.2) is 8.68 Å². The lowest BCUT2D eigenvalue weighted by Gasteiger charge is -2.13. The number of hydrogen-bond acceptors (Lipinski definition) is 10. The number of hydrogen-bond donors (Lipinski definition) is 2. The third-order valence-corrected chi connectivity index (χ3v) is 8.21. The van der Waals surface area contributed by atoms with Crippen molar-refractivity contribution in [2.75, 3.05) is 35.6 Å². The average molecular weight is 467 g/mol. The number of nitrogens with zero attached hydrogens (tertiary/aromatic N) is 4. The van der Waals surface area contributed by atoms with E-state index in [-0.39, 0.29) is 17.6 Å². The molecule has 8 nitrogen and oxygen atoms in total. The minimum atomic E-state index is -0.126. The van der Waals surface area contributed by atoms with Crippen LogP contribution < -0.4 is 11.1 Å². The van der Waals surface area contributed by atoms with E-state index in [9.17, 15) is 9.59 Å². The summed E-state index contributed by atoms with van der Waals surface area (Å²) in [7, 11) is 0. The van der Waals surface area contributed by atoms with Crippen molar-refractivity contribution in [3.8, 4) is 0 Å². The SMILES string of the molecule is Nc1nnc(SCC(=O)Nc2ccc3nc(SCC(=O)N4CCCC4)sc3c2)s1. The predicted molar refractivity (Wildman–Crippen MR) is 120 cm³/mol. The Balaban J connectivity index is 1.32. The summed E-state index contributed by atoms with van der Waals surface area (Å²) < 4.78 is 2.50. The van der Waals surface area contributed by atoms with Gasteiger partial charge in [-0.1, -0.05) is 34.9 Å². The minimum absolute atomic E-state index is 0.126. The summed E-state index contributed by atoms with van der Waals surface area (Å²) >= 11 is 5.56. The first kappa shape index (κ1) is 20.4. The number of nitrogen functional groups attached to an aromatic ring is 1. The molecule has 0 aliphatic carbocycles. The number of nitrogens with one attached hydrogen (secondary N) is 1. The Morgan fingerprint density at radius 3 is 2.66 bits per heavy atom. The Hall–Kier alpha value is -1.89. The van der Waals surface area contributed by atoms with E-state index in [2.05, 4.69) is 20.5 Å². The maximum atomic E-state index is 12.2. The van der Waals surface area contributed by atoms with Crippen molar-refractivity contribution < 1.29 is 9.59 Å². The molecular formula is C17H18N6O2S4. The third-order valence-electron chi connectivity index (χ3n) is 4.18. The summed E-state index contributed by atoms with van der Waals surface area (Å²) in [5.41, 5.74) is 7.12. The lowest BCUT2D eigenvalue weighted by molar-refractivity contribution is -0.127. The summed E-state index contributed by atoms with van der Waals surface area (Å²) in [5.74, 6) is 0.694. The number of benzene rings is 1. The van der Waals surface area contributed by atoms with Gasteiger partial charge in [0.25, 0.3) is 0 Å². The Morgan fingerprint density at radius 2 is 1.90 bits per heavy atom. The number of carbonyl (C=O) groups is 2. The molecule has 29 heavy (non-hydrogen) atoms. The third kappa shape index (κ3) is 5.38. The maximum Gasteiger partial charge on any atom is 0.234 e. The standard InChI is InChI=1S/C17H18N6O2S4/c18-15-21-22-17(29-15)26-8-13(24)19-10-3-4-11-12(7-10)28-16(20-11)27-9-14(25)23-5-1-2-6-23/h3-4,7H,1-2,5-6,8-9H2,(H2,18,21)(H,19,24). The molecule has 3 heterocycles. The predicted octanol–water partition coefficient (Wildman–Crippen LogP) is 3.18. The molecule has 2 amide bonds. The number of fused-ring (bicyclic) bond motifs is 1. The van der Waals surface area contributed by atoms with Crippen LogP contribution in [0.3, 0.4) is 0 Å². The molecule has 0 radical (unpaired) electrons. The monoisotopic (exact) mass is 466 g/mol. The largest absolute Gasteiger partial charge is 0.374 e. The first-order chi connectivity index (χ1) is 14.1. The fourth-order valence-corrected chi connectivity index (χ4v) is 6.27. The topological polar surface area (TPSA) is 114 Å². The molecular weight excluding hydrogens is 448 g/mol. The molecule has 12 heteroatoms. The van der Waals surface area contributed by atoms with Gasteiger partial charge in [0, 0.05) is 18.8 Å². The second kappa shape index (κ2) is 9.28. The molecule has 0 saturated carbocycles. The molecule has 1 aliphatic heterocycles. The highest BCUT2D eigenvalue weighted by molar-refractivity contribution is 8.02. The van der Waals surface area contributed by atoms with Crippen LogP contribution in [0.5, 0.6) is 0 Å². The van der Waals surface area contributed by atoms with Crippen molar-refractivity contribution in [1.82, 2.24) is 20.1 Å². The van der Waals surface area contributed by atoms with Crippen LogP contribution in [-0.2, 0) is 9.59 Å². The summed E-state index contributed by atoms with van der Waals surface area (Å²) in [5, 5.41) is 10.9. The second-order valence-corrected chi connectivity index (χ2v) is 10.8. The zero-order valence-electron chi connectivity index (χ0n) is 15.3. The lowest BCUT2D eigenvalue weighted by Crippen LogP contribution is -2.29. The van der Waals surface area contributed by atoms with Crippen molar-refractivity contribution in [2.24, 2.45) is 0 Å². The molecule has 152 valence electrons. The van der Waals surface area contributed by atoms with Crippen molar-refractivity contribution in [3.05, 3.63) is 18.2 Å². The van der Waals surface area contributed by atoms with Crippen LogP contribution in [-0.4, -0.2) is 56.5 Å². The second-order valence-electron chi connectivity index (χ2n) is 6.28. The smallest absolute Gasteiger partial charge is 0.234 e. The molecule has 0 unspecified atom stereocenters. The highest BCUT2D eigenvalue weighted by atomic mass is 32.2. The Kier molecular flexibility index (Phi) is 6.53. The number of nitrogens with two attached hydrogens (primary N) is 1. The normalized spacial score (nSPS) is 13.9. The summed E-state index contributed by atoms with van der Waals surface area (Å²) in [4.78, 5) is 30.9. The van der Waals surface area contributed by atoms with Gasteiger partial charge in [0.2, 0.25) is 16.9 Å². The van der Waals surface area contributed by atoms with Crippen molar-refractivity contribution in [3.63, 3.8) is 0 Å². The van der Waals surface area contributed by atoms with Gasteiger partial charge in [-0.05, 0) is 31.0 Å². The van der Waals surface area contributed by atoms with Crippen LogP contribution in [0.15, 0.2) is 26.9 Å². The van der Waals surface area contributed by atoms with Gasteiger partial charge >= 0.3 is 0 Å². The fraction of sp³-hybridized carbons (Fsp3) is 0.353. The molecule has 1 saturated heterocycles. The molecule has 3 N–H and O–H groups in total. The Labute approximate surface area is 183 Å². The molecule has 0 atom stereocenters. The van der Waals surface area contributed by atoms with Gasteiger partial charge in [0.05, 0.1) is 21.7 Å². The van der Waals surface area contributed by atoms with Crippen LogP contribution >= 0.6 is 46.2 Å². The number of thioether (sulfide) groups is 2. The summed E-state index contributed by atoms with van der Waals surface area (Å²) in [6.45, 7) is 1.74. The molecule has 0 spiro atoms. The molecule has 3 aromatic rings. The number of amides is 2. The van der Waals surface area contributed by atoms with E-state index in [4.69, 9.17) is 5.73 Å². The van der Waals surface area contributed by atoms with Crippen LogP contribution in [0.25, 0.3) is 10.2 Å². The molecule has 1 aliphatic rings. The van der Waals surface area contributed by atoms with Crippen molar-refractivity contribution in [1.29, 1.82) is 0 Å². The Bertz CT molecular complexity index is 1030. The van der Waals surface area contributed by atoms with E-state index in [1.54, 1.807) is 0 Å². The zero-order valence-corrected chi connectivity index (χ0v) is 18.6. The maximum absolute atomic E-state index is 12.2. The van der Waals surface area contributed by atoms with Gasteiger partial charge in [-0.2, -0.15) is 0 Å². The van der Waals surface area contributed by atoms with Gasteiger partial charge in [-0.15, -0.1) is 21.5 Å². The Morgan fingerprint density at radius 1 is 1.10 bits per heavy atom. The molecule has 0 bridgehead atoms. The number of aromatic nitrogens is 3. The number of carbonyl (C=O) groups excluding carboxylic acids is 2. The summed E-state index contributed by atoms with van der Waals surface area (Å²) in [6, 6.07) is 5.62. The van der Waals surface area contributed by atoms with Crippen LogP contribution in [0.1, 0.15) is 12.8 Å². The average Bonchev–Trinajstić information content (AvgIpc) is 3.45.